The van der Waals surface area contributed by atoms with Crippen molar-refractivity contribution >= 4 is 33.2 Å². The van der Waals surface area contributed by atoms with E-state index in [4.69, 9.17) is 16.2 Å². The number of halogens is 1. The molecule has 3 rings (SSSR count). The molecule has 0 fully saturated rings. The molecule has 1 aromatic heterocycles. The fourth-order valence-corrected chi connectivity index (χ4v) is 6.71. The Morgan fingerprint density at radius 2 is 1.98 bits per heavy atom. The minimum absolute atomic E-state index is 0.0999. The van der Waals surface area contributed by atoms with Crippen LogP contribution in [0.15, 0.2) is 51.8 Å². The van der Waals surface area contributed by atoms with Gasteiger partial charge in [-0.1, -0.05) is 12.1 Å². The summed E-state index contributed by atoms with van der Waals surface area (Å²) < 4.78 is 47.4. The largest absolute Gasteiger partial charge is 0.496 e. The molecule has 7 N–H and O–H groups in total. The molecule has 228 valence electrons. The van der Waals surface area contributed by atoms with Crippen LogP contribution in [-0.4, -0.2) is 56.1 Å². The predicted molar refractivity (Wildman–Crippen MR) is 160 cm³/mol. The molecule has 1 heterocycles. The molecule has 42 heavy (non-hydrogen) atoms. The van der Waals surface area contributed by atoms with Crippen LogP contribution in [0.3, 0.4) is 0 Å². The van der Waals surface area contributed by atoms with Gasteiger partial charge in [-0.25, -0.2) is 22.5 Å². The Morgan fingerprint density at radius 3 is 2.62 bits per heavy atom. The van der Waals surface area contributed by atoms with E-state index in [1.807, 2.05) is 0 Å². The molecule has 0 spiro atoms. The maximum atomic E-state index is 13.5. The third-order valence-electron chi connectivity index (χ3n) is 6.76. The van der Waals surface area contributed by atoms with E-state index >= 15 is 0 Å². The molecule has 0 aliphatic rings. The van der Waals surface area contributed by atoms with E-state index < -0.39 is 39.9 Å². The lowest BCUT2D eigenvalue weighted by atomic mass is 10.0. The highest BCUT2D eigenvalue weighted by Crippen LogP contribution is 2.30. The Labute approximate surface area is 249 Å². The van der Waals surface area contributed by atoms with Crippen LogP contribution in [-0.2, 0) is 21.2 Å². The van der Waals surface area contributed by atoms with E-state index in [0.29, 0.717) is 39.4 Å². The highest BCUT2D eigenvalue weighted by molar-refractivity contribution is 7.90. The molecule has 0 aliphatic heterocycles. The number of methoxy groups -OCH3 is 1. The van der Waals surface area contributed by atoms with Crippen molar-refractivity contribution < 1.29 is 27.4 Å². The van der Waals surface area contributed by atoms with Crippen LogP contribution >= 0.6 is 11.3 Å². The normalized spacial score (nSPS) is 14.2. The maximum absolute atomic E-state index is 13.5. The number of rotatable bonds is 13. The first-order valence-electron chi connectivity index (χ1n) is 13.2. The quantitative estimate of drug-likeness (QED) is 0.110. The second-order valence-electron chi connectivity index (χ2n) is 9.86. The zero-order chi connectivity index (χ0) is 31.0. The predicted octanol–water partition coefficient (Wildman–Crippen LogP) is 2.38. The summed E-state index contributed by atoms with van der Waals surface area (Å²) in [6, 6.07) is 5.74. The standard InChI is InChI=1S/C28H37FN6O5S2/c1-16-13-23(40-4)17(2)18(3)25(16)42(38,39)35-28(31)33-10-6-9-22(24(36)27-32-11-12-41-27)34-26(37)21(30)15-19-7-5-8-20(29)14-19/h5,7-8,11-14,21-22,24,36H,6,9-10,15,30H2,1-4H3,(H,34,37)(H3,31,33,35)/t21-,22-,24?/m0/s1. The van der Waals surface area contributed by atoms with Crippen molar-refractivity contribution in [3.63, 3.8) is 0 Å². The number of sulfonamides is 1. The van der Waals surface area contributed by atoms with Crippen LogP contribution in [0.2, 0.25) is 0 Å². The summed E-state index contributed by atoms with van der Waals surface area (Å²) in [4.78, 5) is 21.2. The van der Waals surface area contributed by atoms with Gasteiger partial charge in [-0.05, 0) is 80.5 Å². The molecule has 11 nitrogen and oxygen atoms in total. The third-order valence-corrected chi connectivity index (χ3v) is 9.25. The maximum Gasteiger partial charge on any atom is 0.264 e. The topological polar surface area (TPSA) is 182 Å². The van der Waals surface area contributed by atoms with E-state index in [9.17, 15) is 22.7 Å². The molecule has 3 aromatic rings. The first-order chi connectivity index (χ1) is 19.8. The molecular formula is C28H37FN6O5S2. The molecule has 0 saturated carbocycles. The van der Waals surface area contributed by atoms with Gasteiger partial charge < -0.3 is 26.6 Å². The Morgan fingerprint density at radius 1 is 1.24 bits per heavy atom. The van der Waals surface area contributed by atoms with Crippen LogP contribution in [0.5, 0.6) is 5.75 Å². The number of amides is 1. The smallest absolute Gasteiger partial charge is 0.264 e. The first-order valence-corrected chi connectivity index (χ1v) is 15.6. The van der Waals surface area contributed by atoms with Gasteiger partial charge in [-0.2, -0.15) is 0 Å². The second kappa shape index (κ2) is 14.5. The number of nitrogens with one attached hydrogen (secondary N) is 2. The average Bonchev–Trinajstić information content (AvgIpc) is 3.46. The van der Waals surface area contributed by atoms with Gasteiger partial charge in [0.1, 0.15) is 22.7 Å². The van der Waals surface area contributed by atoms with Crippen LogP contribution in [0.4, 0.5) is 4.39 Å². The van der Waals surface area contributed by atoms with Crippen molar-refractivity contribution in [1.29, 1.82) is 0 Å². The van der Waals surface area contributed by atoms with Crippen molar-refractivity contribution in [3.8, 4) is 5.75 Å². The summed E-state index contributed by atoms with van der Waals surface area (Å²) in [5.74, 6) is -0.651. The minimum atomic E-state index is -4.02. The Hall–Kier alpha value is -3.59. The number of nitrogens with two attached hydrogens (primary N) is 2. The van der Waals surface area contributed by atoms with E-state index in [1.165, 1.54) is 36.6 Å². The Balaban J connectivity index is 1.65. The summed E-state index contributed by atoms with van der Waals surface area (Å²) in [7, 11) is -2.50. The van der Waals surface area contributed by atoms with Crippen molar-refractivity contribution in [2.75, 3.05) is 13.7 Å². The van der Waals surface area contributed by atoms with E-state index in [-0.39, 0.29) is 30.2 Å². The fraction of sp³-hybridized carbons (Fsp3) is 0.393. The number of thiazole rings is 1. The molecule has 2 aromatic carbocycles. The van der Waals surface area contributed by atoms with Crippen molar-refractivity contribution in [1.82, 2.24) is 15.0 Å². The summed E-state index contributed by atoms with van der Waals surface area (Å²) >= 11 is 1.24. The molecule has 1 amide bonds. The number of hydrogen-bond donors (Lipinski definition) is 5. The summed E-state index contributed by atoms with van der Waals surface area (Å²) in [6.45, 7) is 5.25. The highest BCUT2D eigenvalue weighted by atomic mass is 32.2. The zero-order valence-electron chi connectivity index (χ0n) is 23.9. The van der Waals surface area contributed by atoms with Gasteiger partial charge in [0.2, 0.25) is 11.9 Å². The Kier molecular flexibility index (Phi) is 11.4. The first kappa shape index (κ1) is 32.9. The number of carbonyl (C=O) groups is 1. The number of carbonyl (C=O) groups excluding carboxylic acids is 1. The van der Waals surface area contributed by atoms with Crippen LogP contribution in [0.1, 0.15) is 46.2 Å². The lowest BCUT2D eigenvalue weighted by Gasteiger charge is -2.24. The van der Waals surface area contributed by atoms with E-state index in [0.717, 1.165) is 0 Å². The van der Waals surface area contributed by atoms with Gasteiger partial charge in [0.15, 0.2) is 0 Å². The average molecular weight is 621 g/mol. The van der Waals surface area contributed by atoms with Crippen molar-refractivity contribution in [2.45, 2.75) is 63.1 Å². The van der Waals surface area contributed by atoms with Gasteiger partial charge in [0, 0.05) is 18.1 Å². The number of benzene rings is 2. The minimum Gasteiger partial charge on any atom is -0.496 e. The lowest BCUT2D eigenvalue weighted by molar-refractivity contribution is -0.124. The van der Waals surface area contributed by atoms with Crippen molar-refractivity contribution in [3.05, 3.63) is 75.0 Å². The molecular weight excluding hydrogens is 583 g/mol. The molecule has 0 saturated heterocycles. The number of ether oxygens (including phenoxy) is 1. The zero-order valence-corrected chi connectivity index (χ0v) is 25.6. The number of aromatic nitrogens is 1. The second-order valence-corrected chi connectivity index (χ2v) is 12.4. The molecule has 0 bridgehead atoms. The SMILES string of the molecule is COc1cc(C)c(S(=O)(=O)NC(N)=NCCC[C@H](NC(=O)[C@@H](N)Cc2cccc(F)c2)C(O)c2nccs2)c(C)c1C. The number of aliphatic hydroxyl groups is 1. The van der Waals surface area contributed by atoms with Crippen LogP contribution in [0, 0.1) is 26.6 Å². The van der Waals surface area contributed by atoms with Crippen molar-refractivity contribution in [2.24, 2.45) is 16.5 Å². The summed E-state index contributed by atoms with van der Waals surface area (Å²) in [5, 5.41) is 15.8. The van der Waals surface area contributed by atoms with Gasteiger partial charge in [-0.15, -0.1) is 11.3 Å². The van der Waals surface area contributed by atoms with Gasteiger partial charge >= 0.3 is 0 Å². The van der Waals surface area contributed by atoms with Gasteiger partial charge in [0.25, 0.3) is 10.0 Å². The molecule has 0 aliphatic carbocycles. The molecule has 1 unspecified atom stereocenters. The number of hydrogen-bond acceptors (Lipinski definition) is 9. The third kappa shape index (κ3) is 8.47. The fourth-order valence-electron chi connectivity index (χ4n) is 4.54. The summed E-state index contributed by atoms with van der Waals surface area (Å²) in [6.07, 6.45) is 1.15. The Bertz CT molecular complexity index is 1520. The monoisotopic (exact) mass is 620 g/mol. The highest BCUT2D eigenvalue weighted by Gasteiger charge is 2.27. The number of aliphatic hydroxyl groups excluding tert-OH is 1. The molecule has 3 atom stereocenters. The number of guanidine groups is 1. The van der Waals surface area contributed by atoms with Crippen LogP contribution in [0.25, 0.3) is 0 Å². The summed E-state index contributed by atoms with van der Waals surface area (Å²) in [5.41, 5.74) is 14.3. The van der Waals surface area contributed by atoms with Gasteiger partial charge in [-0.3, -0.25) is 9.79 Å². The molecule has 0 radical (unpaired) electrons. The van der Waals surface area contributed by atoms with E-state index in [1.54, 1.807) is 44.5 Å². The lowest BCUT2D eigenvalue weighted by Crippen LogP contribution is -2.48. The van der Waals surface area contributed by atoms with Gasteiger partial charge in [0.05, 0.1) is 24.1 Å². The number of aliphatic imine (C=N–C) groups is 1. The van der Waals surface area contributed by atoms with Crippen LogP contribution < -0.4 is 26.2 Å². The number of nitrogens with zero attached hydrogens (tertiary/aromatic N) is 2. The number of aryl methyl sites for hydroxylation is 1. The van der Waals surface area contributed by atoms with E-state index in [2.05, 4.69) is 20.0 Å². The molecule has 14 heteroatoms.